The van der Waals surface area contributed by atoms with Crippen LogP contribution in [0.2, 0.25) is 5.02 Å². The van der Waals surface area contributed by atoms with Gasteiger partial charge in [0.25, 0.3) is 12.0 Å². The molecule has 0 bridgehead atoms. The molecule has 0 spiro atoms. The summed E-state index contributed by atoms with van der Waals surface area (Å²) in [6.45, 7) is 0.605. The van der Waals surface area contributed by atoms with Crippen LogP contribution in [0.1, 0.15) is 5.56 Å². The average molecular weight is 452 g/mol. The largest absolute Gasteiger partial charge is 0.483 e. The third kappa shape index (κ3) is 5.48. The fourth-order valence-electron chi connectivity index (χ4n) is 3.13. The number of hydrogen-bond donors (Lipinski definition) is 2. The predicted octanol–water partition coefficient (Wildman–Crippen LogP) is 3.94. The van der Waals surface area contributed by atoms with Crippen molar-refractivity contribution in [1.82, 2.24) is 19.4 Å². The molecule has 4 aromatic rings. The molecule has 4 rings (SSSR count). The maximum Gasteiger partial charge on any atom is 0.290 e. The van der Waals surface area contributed by atoms with Gasteiger partial charge in [-0.15, -0.1) is 0 Å². The molecule has 0 saturated carbocycles. The summed E-state index contributed by atoms with van der Waals surface area (Å²) in [6, 6.07) is 18.5. The summed E-state index contributed by atoms with van der Waals surface area (Å²) in [5.41, 5.74) is 2.36. The van der Waals surface area contributed by atoms with Gasteiger partial charge in [0.1, 0.15) is 5.82 Å². The second kappa shape index (κ2) is 10.5. The zero-order valence-corrected chi connectivity index (χ0v) is 18.3. The minimum absolute atomic E-state index is 0.233. The summed E-state index contributed by atoms with van der Waals surface area (Å²) in [5, 5.41) is 11.1. The molecule has 2 N–H and O–H groups in total. The lowest BCUT2D eigenvalue weighted by Crippen LogP contribution is -2.23. The number of benzene rings is 2. The Hall–Kier alpha value is -3.75. The highest BCUT2D eigenvalue weighted by atomic mass is 35.5. The number of anilines is 2. The van der Waals surface area contributed by atoms with Gasteiger partial charge in [0.15, 0.2) is 0 Å². The van der Waals surface area contributed by atoms with Gasteiger partial charge in [0.2, 0.25) is 5.95 Å². The highest BCUT2D eigenvalue weighted by molar-refractivity contribution is 6.31. The fraction of sp³-hybridized carbons (Fsp3) is 0.130. The summed E-state index contributed by atoms with van der Waals surface area (Å²) < 4.78 is 1.46. The Bertz CT molecular complexity index is 1260. The molecular formula is C23H22ClN5O3. The number of rotatable bonds is 5. The van der Waals surface area contributed by atoms with Gasteiger partial charge in [-0.1, -0.05) is 29.8 Å². The highest BCUT2D eigenvalue weighted by Crippen LogP contribution is 2.22. The van der Waals surface area contributed by atoms with Crippen LogP contribution in [0, 0.1) is 0 Å². The molecule has 8 nitrogen and oxygen atoms in total. The summed E-state index contributed by atoms with van der Waals surface area (Å²) in [6.07, 6.45) is 1.64. The van der Waals surface area contributed by atoms with E-state index in [1.807, 2.05) is 44.4 Å². The van der Waals surface area contributed by atoms with Gasteiger partial charge in [0.05, 0.1) is 10.9 Å². The maximum atomic E-state index is 13.2. The Morgan fingerprint density at radius 3 is 2.47 bits per heavy atom. The summed E-state index contributed by atoms with van der Waals surface area (Å²) in [5.74, 6) is 0.877. The molecule has 0 unspecified atom stereocenters. The van der Waals surface area contributed by atoms with Crippen molar-refractivity contribution in [2.24, 2.45) is 0 Å². The first kappa shape index (κ1) is 22.9. The lowest BCUT2D eigenvalue weighted by atomic mass is 10.2. The number of halogens is 1. The van der Waals surface area contributed by atoms with E-state index in [1.54, 1.807) is 36.5 Å². The normalized spacial score (nSPS) is 10.5. The molecule has 0 atom stereocenters. The number of carboxylic acid groups (broad SMARTS) is 1. The van der Waals surface area contributed by atoms with Gasteiger partial charge in [-0.05, 0) is 62.1 Å². The van der Waals surface area contributed by atoms with E-state index in [-0.39, 0.29) is 12.0 Å². The predicted molar refractivity (Wildman–Crippen MR) is 126 cm³/mol. The molecule has 9 heteroatoms. The summed E-state index contributed by atoms with van der Waals surface area (Å²) >= 11 is 6.10. The number of aromatic nitrogens is 3. The number of fused-ring (bicyclic) bond motifs is 1. The number of nitrogens with zero attached hydrogens (tertiary/aromatic N) is 4. The molecule has 32 heavy (non-hydrogen) atoms. The van der Waals surface area contributed by atoms with Gasteiger partial charge < -0.3 is 15.3 Å². The number of nitrogens with one attached hydrogen (secondary N) is 1. The van der Waals surface area contributed by atoms with Crippen LogP contribution in [-0.2, 0) is 11.3 Å². The molecule has 0 aliphatic carbocycles. The molecule has 0 aliphatic heterocycles. The molecule has 0 amide bonds. The van der Waals surface area contributed by atoms with Crippen LogP contribution in [0.4, 0.5) is 11.6 Å². The van der Waals surface area contributed by atoms with E-state index in [2.05, 4.69) is 20.2 Å². The zero-order valence-electron chi connectivity index (χ0n) is 17.6. The SMILES string of the molecule is CN(C)Cc1ccc(Nc2nc3ccc(Cl)cc3c(=O)n2-c2ccccn2)cc1.O=CO. The Kier molecular flexibility index (Phi) is 7.54. The van der Waals surface area contributed by atoms with Crippen LogP contribution in [0.3, 0.4) is 0 Å². The second-order valence-corrected chi connectivity index (χ2v) is 7.53. The standard InChI is InChI=1S/C22H20ClN5O.CH2O2/c1-27(2)14-15-6-9-17(10-7-15)25-22-26-19-11-8-16(23)13-18(19)21(29)28(22)20-5-3-4-12-24-20;2-1-3/h3-13H,14H2,1-2H3,(H,25,26);1H,(H,2,3). The number of pyridine rings is 1. The van der Waals surface area contributed by atoms with E-state index in [9.17, 15) is 4.79 Å². The topological polar surface area (TPSA) is 100 Å². The molecule has 0 fully saturated rings. The monoisotopic (exact) mass is 451 g/mol. The zero-order chi connectivity index (χ0) is 23.1. The molecular weight excluding hydrogens is 430 g/mol. The maximum absolute atomic E-state index is 13.2. The first-order valence-corrected chi connectivity index (χ1v) is 10.0. The van der Waals surface area contributed by atoms with E-state index in [1.165, 1.54) is 10.1 Å². The van der Waals surface area contributed by atoms with Crippen molar-refractivity contribution in [2.75, 3.05) is 19.4 Å². The van der Waals surface area contributed by atoms with Crippen LogP contribution in [0.5, 0.6) is 0 Å². The van der Waals surface area contributed by atoms with Crippen LogP contribution < -0.4 is 10.9 Å². The second-order valence-electron chi connectivity index (χ2n) is 7.09. The van der Waals surface area contributed by atoms with E-state index in [0.717, 1.165) is 12.2 Å². The number of carbonyl (C=O) groups is 1. The van der Waals surface area contributed by atoms with Crippen molar-refractivity contribution in [1.29, 1.82) is 0 Å². The van der Waals surface area contributed by atoms with Gasteiger partial charge >= 0.3 is 0 Å². The molecule has 0 saturated heterocycles. The van der Waals surface area contributed by atoms with Crippen molar-refractivity contribution in [2.45, 2.75) is 6.54 Å². The van der Waals surface area contributed by atoms with E-state index in [4.69, 9.17) is 21.5 Å². The molecule has 2 aromatic heterocycles. The Morgan fingerprint density at radius 1 is 1.12 bits per heavy atom. The van der Waals surface area contributed by atoms with Crippen molar-refractivity contribution in [3.8, 4) is 5.82 Å². The van der Waals surface area contributed by atoms with Gasteiger partial charge in [-0.25, -0.2) is 14.5 Å². The highest BCUT2D eigenvalue weighted by Gasteiger charge is 2.14. The quantitative estimate of drug-likeness (QED) is 0.443. The Balaban J connectivity index is 0.000000913. The van der Waals surface area contributed by atoms with Crippen LogP contribution in [0.25, 0.3) is 16.7 Å². The molecule has 0 aliphatic rings. The first-order chi connectivity index (χ1) is 15.4. The van der Waals surface area contributed by atoms with Crippen molar-refractivity contribution < 1.29 is 9.90 Å². The third-order valence-corrected chi connectivity index (χ3v) is 4.65. The molecule has 0 radical (unpaired) electrons. The summed E-state index contributed by atoms with van der Waals surface area (Å²) in [4.78, 5) is 32.7. The summed E-state index contributed by atoms with van der Waals surface area (Å²) in [7, 11) is 4.06. The lowest BCUT2D eigenvalue weighted by Gasteiger charge is -2.15. The van der Waals surface area contributed by atoms with E-state index in [0.29, 0.717) is 27.7 Å². The van der Waals surface area contributed by atoms with E-state index < -0.39 is 0 Å². The Labute approximate surface area is 189 Å². The minimum atomic E-state index is -0.250. The number of hydrogen-bond acceptors (Lipinski definition) is 6. The molecule has 2 aromatic carbocycles. The van der Waals surface area contributed by atoms with Gasteiger partial charge in [-0.3, -0.25) is 9.59 Å². The van der Waals surface area contributed by atoms with Crippen molar-refractivity contribution in [3.05, 3.63) is 87.8 Å². The average Bonchev–Trinajstić information content (AvgIpc) is 2.77. The van der Waals surface area contributed by atoms with Gasteiger partial charge in [-0.2, -0.15) is 0 Å². The minimum Gasteiger partial charge on any atom is -0.483 e. The smallest absolute Gasteiger partial charge is 0.290 e. The van der Waals surface area contributed by atoms with Crippen LogP contribution in [-0.4, -0.2) is 45.1 Å². The van der Waals surface area contributed by atoms with Crippen molar-refractivity contribution in [3.63, 3.8) is 0 Å². The van der Waals surface area contributed by atoms with Crippen molar-refractivity contribution >= 4 is 40.6 Å². The fourth-order valence-corrected chi connectivity index (χ4v) is 3.30. The molecule has 164 valence electrons. The van der Waals surface area contributed by atoms with Crippen LogP contribution >= 0.6 is 11.6 Å². The Morgan fingerprint density at radius 2 is 1.84 bits per heavy atom. The molecule has 2 heterocycles. The first-order valence-electron chi connectivity index (χ1n) is 9.65. The lowest BCUT2D eigenvalue weighted by molar-refractivity contribution is -0.122. The third-order valence-electron chi connectivity index (χ3n) is 4.42. The van der Waals surface area contributed by atoms with Gasteiger partial charge in [0, 0.05) is 23.5 Å². The van der Waals surface area contributed by atoms with E-state index >= 15 is 0 Å². The van der Waals surface area contributed by atoms with Crippen LogP contribution in [0.15, 0.2) is 71.7 Å².